The molecule has 1 fully saturated rings. The molecule has 0 bridgehead atoms. The molecular weight excluding hydrogens is 330 g/mol. The van der Waals surface area contributed by atoms with Crippen LogP contribution in [0, 0.1) is 6.92 Å². The molecule has 0 spiro atoms. The van der Waals surface area contributed by atoms with Crippen LogP contribution in [0.3, 0.4) is 0 Å². The minimum atomic E-state index is -0.288. The molecule has 0 unspecified atom stereocenters. The number of ether oxygens (including phenoxy) is 1. The van der Waals surface area contributed by atoms with Gasteiger partial charge in [0, 0.05) is 20.0 Å². The third-order valence-electron chi connectivity index (χ3n) is 4.79. The molecule has 1 aromatic heterocycles. The zero-order valence-electron chi connectivity index (χ0n) is 15.1. The summed E-state index contributed by atoms with van der Waals surface area (Å²) in [6, 6.07) is 9.64. The molecule has 1 aliphatic heterocycles. The van der Waals surface area contributed by atoms with Gasteiger partial charge < -0.3 is 9.64 Å². The van der Waals surface area contributed by atoms with Crippen molar-refractivity contribution in [3.05, 3.63) is 58.9 Å². The van der Waals surface area contributed by atoms with Crippen LogP contribution in [0.25, 0.3) is 0 Å². The number of likely N-dealkylation sites (tertiary alicyclic amines) is 1. The summed E-state index contributed by atoms with van der Waals surface area (Å²) in [6.07, 6.45) is 2.98. The summed E-state index contributed by atoms with van der Waals surface area (Å²) >= 11 is 0. The lowest BCUT2D eigenvalue weighted by atomic mass is 9.85. The van der Waals surface area contributed by atoms with Gasteiger partial charge in [0.15, 0.2) is 5.78 Å². The number of benzene rings is 1. The van der Waals surface area contributed by atoms with E-state index in [4.69, 9.17) is 4.74 Å². The average molecular weight is 353 g/mol. The van der Waals surface area contributed by atoms with Crippen LogP contribution in [0.2, 0.25) is 0 Å². The minimum absolute atomic E-state index is 0.0686. The Morgan fingerprint density at radius 1 is 1.19 bits per heavy atom. The number of hydrogen-bond donors (Lipinski definition) is 0. The molecule has 0 radical (unpaired) electrons. The van der Waals surface area contributed by atoms with Gasteiger partial charge in [0.05, 0.1) is 6.20 Å². The third-order valence-corrected chi connectivity index (χ3v) is 4.79. The molecule has 6 nitrogen and oxygen atoms in total. The molecular formula is C20H23N3O3. The summed E-state index contributed by atoms with van der Waals surface area (Å²) in [5.41, 5.74) is 3.38. The van der Waals surface area contributed by atoms with Crippen LogP contribution in [0.15, 0.2) is 36.5 Å². The molecule has 1 amide bonds. The normalized spacial score (nSPS) is 14.9. The topological polar surface area (TPSA) is 72.4 Å². The van der Waals surface area contributed by atoms with E-state index in [1.165, 1.54) is 6.92 Å². The van der Waals surface area contributed by atoms with E-state index in [0.29, 0.717) is 18.8 Å². The van der Waals surface area contributed by atoms with E-state index in [-0.39, 0.29) is 24.4 Å². The zero-order valence-corrected chi connectivity index (χ0v) is 15.1. The third kappa shape index (κ3) is 4.07. The second-order valence-corrected chi connectivity index (χ2v) is 6.65. The fourth-order valence-corrected chi connectivity index (χ4v) is 3.42. The zero-order chi connectivity index (χ0) is 18.5. The maximum atomic E-state index is 12.3. The molecule has 1 aliphatic rings. The van der Waals surface area contributed by atoms with Gasteiger partial charge in [-0.3, -0.25) is 4.79 Å². The second-order valence-electron chi connectivity index (χ2n) is 6.65. The molecule has 136 valence electrons. The van der Waals surface area contributed by atoms with Gasteiger partial charge in [0.2, 0.25) is 0 Å². The quantitative estimate of drug-likeness (QED) is 0.787. The number of aryl methyl sites for hydroxylation is 1. The van der Waals surface area contributed by atoms with Crippen molar-refractivity contribution < 1.29 is 14.3 Å². The van der Waals surface area contributed by atoms with E-state index < -0.39 is 0 Å². The first-order chi connectivity index (χ1) is 12.6. The Morgan fingerprint density at radius 3 is 2.54 bits per heavy atom. The molecule has 0 atom stereocenters. The molecule has 0 aliphatic carbocycles. The number of piperidine rings is 1. The largest absolute Gasteiger partial charge is 0.445 e. The Kier molecular flexibility index (Phi) is 5.61. The molecule has 2 aromatic rings. The van der Waals surface area contributed by atoms with Crippen LogP contribution in [-0.2, 0) is 11.3 Å². The summed E-state index contributed by atoms with van der Waals surface area (Å²) < 4.78 is 5.40. The second kappa shape index (κ2) is 8.08. The minimum Gasteiger partial charge on any atom is -0.445 e. The highest BCUT2D eigenvalue weighted by molar-refractivity contribution is 5.93. The number of aromatic nitrogens is 2. The lowest BCUT2D eigenvalue weighted by Crippen LogP contribution is -2.38. The molecule has 3 rings (SSSR count). The van der Waals surface area contributed by atoms with Gasteiger partial charge in [-0.1, -0.05) is 30.3 Å². The predicted octanol–water partition coefficient (Wildman–Crippen LogP) is 3.50. The van der Waals surface area contributed by atoms with Gasteiger partial charge in [-0.05, 0) is 42.4 Å². The Morgan fingerprint density at radius 2 is 1.88 bits per heavy atom. The summed E-state index contributed by atoms with van der Waals surface area (Å²) in [4.78, 5) is 25.9. The van der Waals surface area contributed by atoms with Gasteiger partial charge in [0.1, 0.15) is 12.3 Å². The van der Waals surface area contributed by atoms with E-state index in [9.17, 15) is 9.59 Å². The first kappa shape index (κ1) is 18.0. The van der Waals surface area contributed by atoms with Crippen LogP contribution < -0.4 is 0 Å². The Hall–Kier alpha value is -2.76. The molecule has 26 heavy (non-hydrogen) atoms. The van der Waals surface area contributed by atoms with Crippen molar-refractivity contribution in [3.63, 3.8) is 0 Å². The number of nitrogens with zero attached hydrogens (tertiary/aromatic N) is 3. The van der Waals surface area contributed by atoms with Gasteiger partial charge >= 0.3 is 6.09 Å². The van der Waals surface area contributed by atoms with Crippen LogP contribution >= 0.6 is 0 Å². The highest BCUT2D eigenvalue weighted by Gasteiger charge is 2.28. The molecule has 6 heteroatoms. The molecule has 1 saturated heterocycles. The van der Waals surface area contributed by atoms with E-state index >= 15 is 0 Å². The Labute approximate surface area is 153 Å². The maximum Gasteiger partial charge on any atom is 0.410 e. The molecule has 1 aromatic carbocycles. The monoisotopic (exact) mass is 353 g/mol. The van der Waals surface area contributed by atoms with E-state index in [2.05, 4.69) is 10.2 Å². The standard InChI is InChI=1S/C20H23N3O3/c1-14-12-21-22-19(15(2)24)18(14)17-8-10-23(11-9-17)20(25)26-13-16-6-4-3-5-7-16/h3-7,12,17H,8-11,13H2,1-2H3. The molecule has 0 N–H and O–H groups in total. The molecule has 2 heterocycles. The van der Waals surface area contributed by atoms with Crippen LogP contribution in [0.1, 0.15) is 52.9 Å². The van der Waals surface area contributed by atoms with Crippen molar-refractivity contribution in [1.82, 2.24) is 15.1 Å². The van der Waals surface area contributed by atoms with Crippen molar-refractivity contribution in [2.45, 2.75) is 39.2 Å². The number of carbonyl (C=O) groups excluding carboxylic acids is 2. The molecule has 0 saturated carbocycles. The number of Topliss-reactive ketones (excluding diaryl/α,β-unsaturated/α-hetero) is 1. The number of amides is 1. The van der Waals surface area contributed by atoms with Crippen molar-refractivity contribution in [3.8, 4) is 0 Å². The number of rotatable bonds is 4. The number of carbonyl (C=O) groups is 2. The summed E-state index contributed by atoms with van der Waals surface area (Å²) in [5, 5.41) is 7.93. The summed E-state index contributed by atoms with van der Waals surface area (Å²) in [6.45, 7) is 4.97. The van der Waals surface area contributed by atoms with Crippen LogP contribution in [0.4, 0.5) is 4.79 Å². The van der Waals surface area contributed by atoms with Crippen molar-refractivity contribution >= 4 is 11.9 Å². The van der Waals surface area contributed by atoms with Crippen LogP contribution in [-0.4, -0.2) is 40.1 Å². The fraction of sp³-hybridized carbons (Fsp3) is 0.400. The van der Waals surface area contributed by atoms with Gasteiger partial charge in [-0.2, -0.15) is 5.10 Å². The van der Waals surface area contributed by atoms with Crippen molar-refractivity contribution in [2.75, 3.05) is 13.1 Å². The van der Waals surface area contributed by atoms with E-state index in [1.54, 1.807) is 11.1 Å². The van der Waals surface area contributed by atoms with Crippen LogP contribution in [0.5, 0.6) is 0 Å². The van der Waals surface area contributed by atoms with Crippen molar-refractivity contribution in [2.24, 2.45) is 0 Å². The first-order valence-corrected chi connectivity index (χ1v) is 8.85. The Balaban J connectivity index is 1.59. The first-order valence-electron chi connectivity index (χ1n) is 8.85. The highest BCUT2D eigenvalue weighted by atomic mass is 16.6. The van der Waals surface area contributed by atoms with E-state index in [0.717, 1.165) is 29.5 Å². The van der Waals surface area contributed by atoms with Gasteiger partial charge in [-0.25, -0.2) is 4.79 Å². The van der Waals surface area contributed by atoms with E-state index in [1.807, 2.05) is 37.3 Å². The number of hydrogen-bond acceptors (Lipinski definition) is 5. The summed E-state index contributed by atoms with van der Waals surface area (Å²) in [7, 11) is 0. The lowest BCUT2D eigenvalue weighted by Gasteiger charge is -2.32. The predicted molar refractivity (Wildman–Crippen MR) is 96.9 cm³/mol. The SMILES string of the molecule is CC(=O)c1nncc(C)c1C1CCN(C(=O)OCc2ccccc2)CC1. The number of ketones is 1. The maximum absolute atomic E-state index is 12.3. The average Bonchev–Trinajstić information content (AvgIpc) is 2.67. The van der Waals surface area contributed by atoms with Gasteiger partial charge in [0.25, 0.3) is 0 Å². The summed E-state index contributed by atoms with van der Waals surface area (Å²) in [5.74, 6) is 0.142. The Bertz CT molecular complexity index is 784. The van der Waals surface area contributed by atoms with Crippen molar-refractivity contribution in [1.29, 1.82) is 0 Å². The fourth-order valence-electron chi connectivity index (χ4n) is 3.42. The highest BCUT2D eigenvalue weighted by Crippen LogP contribution is 2.32. The smallest absolute Gasteiger partial charge is 0.410 e. The lowest BCUT2D eigenvalue weighted by molar-refractivity contribution is 0.0866. The van der Waals surface area contributed by atoms with Gasteiger partial charge in [-0.15, -0.1) is 5.10 Å².